The highest BCUT2D eigenvalue weighted by molar-refractivity contribution is 5.29. The van der Waals surface area contributed by atoms with Gasteiger partial charge in [-0.25, -0.2) is 4.39 Å². The summed E-state index contributed by atoms with van der Waals surface area (Å²) in [5.41, 5.74) is 7.84. The molecule has 0 aliphatic carbocycles. The number of aryl methyl sites for hydroxylation is 1. The van der Waals surface area contributed by atoms with Crippen molar-refractivity contribution >= 4 is 0 Å². The Morgan fingerprint density at radius 3 is 2.67 bits per heavy atom. The summed E-state index contributed by atoms with van der Waals surface area (Å²) in [7, 11) is 0. The van der Waals surface area contributed by atoms with E-state index in [-0.39, 0.29) is 18.0 Å². The van der Waals surface area contributed by atoms with Crippen LogP contribution in [-0.4, -0.2) is 12.7 Å². The van der Waals surface area contributed by atoms with Crippen LogP contribution in [0.3, 0.4) is 0 Å². The van der Waals surface area contributed by atoms with E-state index in [1.165, 1.54) is 12.1 Å². The molecule has 2 nitrogen and oxygen atoms in total. The van der Waals surface area contributed by atoms with Crippen LogP contribution in [0.1, 0.15) is 31.0 Å². The Balaban J connectivity index is 2.86. The predicted octanol–water partition coefficient (Wildman–Crippen LogP) is 2.56. The molecule has 2 atom stereocenters. The van der Waals surface area contributed by atoms with Gasteiger partial charge in [0.1, 0.15) is 5.82 Å². The van der Waals surface area contributed by atoms with E-state index in [9.17, 15) is 4.39 Å². The maximum Gasteiger partial charge on any atom is 0.123 e. The normalized spacial score (nSPS) is 15.0. The number of ether oxygens (including phenoxy) is 1. The quantitative estimate of drug-likeness (QED) is 0.830. The number of hydrogen-bond acceptors (Lipinski definition) is 2. The Morgan fingerprint density at radius 2 is 2.13 bits per heavy atom. The van der Waals surface area contributed by atoms with Gasteiger partial charge < -0.3 is 10.5 Å². The number of rotatable bonds is 4. The second kappa shape index (κ2) is 5.24. The Labute approximate surface area is 90.2 Å². The molecular formula is C12H18FNO. The Hall–Kier alpha value is -0.930. The summed E-state index contributed by atoms with van der Waals surface area (Å²) in [4.78, 5) is 0. The SMILES string of the molecule is CCOC(C)C(N)c1ccc(F)cc1C. The van der Waals surface area contributed by atoms with E-state index in [1.807, 2.05) is 20.8 Å². The van der Waals surface area contributed by atoms with Crippen LogP contribution in [0.4, 0.5) is 4.39 Å². The van der Waals surface area contributed by atoms with Crippen LogP contribution in [0.25, 0.3) is 0 Å². The molecule has 1 aromatic carbocycles. The lowest BCUT2D eigenvalue weighted by Gasteiger charge is -2.21. The van der Waals surface area contributed by atoms with Gasteiger partial charge in [0.05, 0.1) is 12.1 Å². The molecular weight excluding hydrogens is 193 g/mol. The van der Waals surface area contributed by atoms with Gasteiger partial charge in [0.2, 0.25) is 0 Å². The Morgan fingerprint density at radius 1 is 1.47 bits per heavy atom. The van der Waals surface area contributed by atoms with Crippen LogP contribution in [-0.2, 0) is 4.74 Å². The minimum atomic E-state index is -0.229. The third-order valence-corrected chi connectivity index (χ3v) is 2.53. The number of benzene rings is 1. The molecule has 0 aromatic heterocycles. The molecule has 2 N–H and O–H groups in total. The fourth-order valence-electron chi connectivity index (χ4n) is 1.63. The fraction of sp³-hybridized carbons (Fsp3) is 0.500. The van der Waals surface area contributed by atoms with Gasteiger partial charge >= 0.3 is 0 Å². The molecule has 3 heteroatoms. The maximum atomic E-state index is 12.9. The first-order valence-corrected chi connectivity index (χ1v) is 5.19. The van der Waals surface area contributed by atoms with Crippen molar-refractivity contribution in [3.63, 3.8) is 0 Å². The van der Waals surface area contributed by atoms with Gasteiger partial charge in [-0.2, -0.15) is 0 Å². The topological polar surface area (TPSA) is 35.2 Å². The zero-order chi connectivity index (χ0) is 11.4. The van der Waals surface area contributed by atoms with Gasteiger partial charge in [-0.1, -0.05) is 6.07 Å². The third-order valence-electron chi connectivity index (χ3n) is 2.53. The second-order valence-electron chi connectivity index (χ2n) is 3.69. The van der Waals surface area contributed by atoms with Crippen molar-refractivity contribution < 1.29 is 9.13 Å². The van der Waals surface area contributed by atoms with E-state index in [0.29, 0.717) is 6.61 Å². The van der Waals surface area contributed by atoms with Crippen molar-refractivity contribution in [1.82, 2.24) is 0 Å². The van der Waals surface area contributed by atoms with Crippen molar-refractivity contribution in [2.45, 2.75) is 32.9 Å². The van der Waals surface area contributed by atoms with E-state index < -0.39 is 0 Å². The molecule has 84 valence electrons. The van der Waals surface area contributed by atoms with Gasteiger partial charge in [0.15, 0.2) is 0 Å². The first-order valence-electron chi connectivity index (χ1n) is 5.19. The summed E-state index contributed by atoms with van der Waals surface area (Å²) in [6.07, 6.45) is -0.0563. The molecule has 0 heterocycles. The van der Waals surface area contributed by atoms with E-state index in [2.05, 4.69) is 0 Å². The first kappa shape index (κ1) is 12.1. The molecule has 15 heavy (non-hydrogen) atoms. The summed E-state index contributed by atoms with van der Waals surface area (Å²) >= 11 is 0. The van der Waals surface area contributed by atoms with Crippen LogP contribution in [0, 0.1) is 12.7 Å². The monoisotopic (exact) mass is 211 g/mol. The summed E-state index contributed by atoms with van der Waals surface area (Å²) in [6.45, 7) is 6.35. The highest BCUT2D eigenvalue weighted by Gasteiger charge is 2.16. The highest BCUT2D eigenvalue weighted by Crippen LogP contribution is 2.21. The lowest BCUT2D eigenvalue weighted by molar-refractivity contribution is 0.0573. The van der Waals surface area contributed by atoms with Crippen LogP contribution in [0.2, 0.25) is 0 Å². The van der Waals surface area contributed by atoms with Crippen molar-refractivity contribution in [3.05, 3.63) is 35.1 Å². The summed E-state index contributed by atoms with van der Waals surface area (Å²) in [5.74, 6) is -0.229. The van der Waals surface area contributed by atoms with E-state index in [1.54, 1.807) is 6.07 Å². The molecule has 2 unspecified atom stereocenters. The summed E-state index contributed by atoms with van der Waals surface area (Å²) in [6, 6.07) is 4.45. The largest absolute Gasteiger partial charge is 0.377 e. The molecule has 0 aliphatic heterocycles. The van der Waals surface area contributed by atoms with E-state index in [4.69, 9.17) is 10.5 Å². The van der Waals surface area contributed by atoms with Gasteiger partial charge in [-0.05, 0) is 44.0 Å². The van der Waals surface area contributed by atoms with Gasteiger partial charge in [-0.3, -0.25) is 0 Å². The molecule has 0 saturated heterocycles. The van der Waals surface area contributed by atoms with Crippen molar-refractivity contribution in [3.8, 4) is 0 Å². The molecule has 1 rings (SSSR count). The zero-order valence-corrected chi connectivity index (χ0v) is 9.46. The van der Waals surface area contributed by atoms with Crippen LogP contribution < -0.4 is 5.73 Å². The molecule has 0 bridgehead atoms. The van der Waals surface area contributed by atoms with Crippen LogP contribution in [0.15, 0.2) is 18.2 Å². The number of halogens is 1. The summed E-state index contributed by atoms with van der Waals surface area (Å²) in [5, 5.41) is 0. The molecule has 0 spiro atoms. The van der Waals surface area contributed by atoms with Crippen LogP contribution in [0.5, 0.6) is 0 Å². The van der Waals surface area contributed by atoms with Crippen molar-refractivity contribution in [2.24, 2.45) is 5.73 Å². The average Bonchev–Trinajstić information content (AvgIpc) is 2.17. The molecule has 0 fully saturated rings. The number of hydrogen-bond donors (Lipinski definition) is 1. The van der Waals surface area contributed by atoms with Gasteiger partial charge in [0, 0.05) is 6.61 Å². The summed E-state index contributed by atoms with van der Waals surface area (Å²) < 4.78 is 18.3. The zero-order valence-electron chi connectivity index (χ0n) is 9.46. The molecule has 0 amide bonds. The first-order chi connectivity index (χ1) is 7.06. The number of nitrogens with two attached hydrogens (primary N) is 1. The Bertz CT molecular complexity index is 327. The highest BCUT2D eigenvalue weighted by atomic mass is 19.1. The maximum absolute atomic E-state index is 12.9. The second-order valence-corrected chi connectivity index (χ2v) is 3.69. The predicted molar refractivity (Wildman–Crippen MR) is 59.2 cm³/mol. The minimum absolute atomic E-state index is 0.0563. The lowest BCUT2D eigenvalue weighted by atomic mass is 9.98. The van der Waals surface area contributed by atoms with E-state index >= 15 is 0 Å². The molecule has 0 radical (unpaired) electrons. The molecule has 0 saturated carbocycles. The van der Waals surface area contributed by atoms with E-state index in [0.717, 1.165) is 11.1 Å². The molecule has 0 aliphatic rings. The van der Waals surface area contributed by atoms with Crippen molar-refractivity contribution in [2.75, 3.05) is 6.61 Å². The average molecular weight is 211 g/mol. The van der Waals surface area contributed by atoms with Crippen molar-refractivity contribution in [1.29, 1.82) is 0 Å². The standard InChI is InChI=1S/C12H18FNO/c1-4-15-9(3)12(14)11-6-5-10(13)7-8(11)2/h5-7,9,12H,4,14H2,1-3H3. The third kappa shape index (κ3) is 3.01. The lowest BCUT2D eigenvalue weighted by Crippen LogP contribution is -2.27. The fourth-order valence-corrected chi connectivity index (χ4v) is 1.63. The minimum Gasteiger partial charge on any atom is -0.377 e. The molecule has 1 aromatic rings. The van der Waals surface area contributed by atoms with Gasteiger partial charge in [0.25, 0.3) is 0 Å². The smallest absolute Gasteiger partial charge is 0.123 e. The Kier molecular flexibility index (Phi) is 4.24. The van der Waals surface area contributed by atoms with Crippen LogP contribution >= 0.6 is 0 Å². The van der Waals surface area contributed by atoms with Gasteiger partial charge in [-0.15, -0.1) is 0 Å².